The molecule has 6 heteroatoms. The number of rotatable bonds is 7. The molecule has 0 atom stereocenters. The average Bonchev–Trinajstić information content (AvgIpc) is 3.79. The van der Waals surface area contributed by atoms with Crippen molar-refractivity contribution in [3.05, 3.63) is 162 Å². The molecule has 0 N–H and O–H groups in total. The lowest BCUT2D eigenvalue weighted by molar-refractivity contribution is 0.483. The lowest BCUT2D eigenvalue weighted by Gasteiger charge is -2.24. The summed E-state index contributed by atoms with van der Waals surface area (Å²) in [5, 5.41) is 3.78. The van der Waals surface area contributed by atoms with Crippen molar-refractivity contribution in [1.82, 2.24) is 18.7 Å². The summed E-state index contributed by atoms with van der Waals surface area (Å²) in [5.41, 5.74) is 12.5. The van der Waals surface area contributed by atoms with E-state index in [-0.39, 0.29) is 16.2 Å². The Balaban J connectivity index is 1.19. The van der Waals surface area contributed by atoms with E-state index < -0.39 is 8.07 Å². The van der Waals surface area contributed by atoms with Crippen LogP contribution in [0.3, 0.4) is 0 Å². The molecule has 63 heavy (non-hydrogen) atoms. The van der Waals surface area contributed by atoms with E-state index in [1.54, 1.807) is 0 Å². The first-order valence-electron chi connectivity index (χ1n) is 22.3. The molecular formula is C57H60N4OSi+2. The topological polar surface area (TPSA) is 33.1 Å². The Hall–Kier alpha value is -6.33. The van der Waals surface area contributed by atoms with Gasteiger partial charge in [0.25, 0.3) is 5.69 Å². The normalized spacial score (nSPS) is 13.3. The van der Waals surface area contributed by atoms with Gasteiger partial charge in [-0.3, -0.25) is 4.57 Å². The standard InChI is InChI=1S/C57H60N4OSi/c1-55(2,3)39-28-29-58-53(34-39)61-50-24-14-13-22-48(50)49-27-26-45(36-52(49)61)62-44-20-16-19-42(35-44)59-37-60(43-32-40(56(4,5)6)31-41(33-43)57(7,8)9)54-47(23-17-25-51(54)59)38-18-15-21-46(30-38)63(10,11)12/h13-36H,1-12H3/q+2. The minimum absolute atomic E-state index is 0.0103. The van der Waals surface area contributed by atoms with Gasteiger partial charge in [-0.2, -0.15) is 0 Å². The Morgan fingerprint density at radius 2 is 1.21 bits per heavy atom. The zero-order valence-electron chi connectivity index (χ0n) is 39.1. The van der Waals surface area contributed by atoms with Crippen LogP contribution in [0.15, 0.2) is 146 Å². The van der Waals surface area contributed by atoms with Crippen LogP contribution in [0.2, 0.25) is 19.6 Å². The number of fused-ring (bicyclic) bond motifs is 4. The molecule has 0 saturated heterocycles. The van der Waals surface area contributed by atoms with Crippen molar-refractivity contribution in [3.8, 4) is 28.4 Å². The number of hydrogen-bond acceptors (Lipinski definition) is 2. The van der Waals surface area contributed by atoms with E-state index in [1.165, 1.54) is 38.4 Å². The Labute approximate surface area is 374 Å². The highest BCUT2D eigenvalue weighted by molar-refractivity contribution is 6.88. The van der Waals surface area contributed by atoms with Gasteiger partial charge in [0.2, 0.25) is 11.4 Å². The van der Waals surface area contributed by atoms with E-state index in [9.17, 15) is 0 Å². The second-order valence-electron chi connectivity index (χ2n) is 21.3. The van der Waals surface area contributed by atoms with Crippen molar-refractivity contribution in [2.24, 2.45) is 0 Å². The molecule has 0 unspecified atom stereocenters. The smallest absolute Gasteiger partial charge is 0.457 e. The molecular weight excluding hydrogens is 785 g/mol. The molecule has 9 rings (SSSR count). The van der Waals surface area contributed by atoms with Gasteiger partial charge in [-0.05, 0) is 90.1 Å². The number of aromatic nitrogens is 2. The van der Waals surface area contributed by atoms with Crippen molar-refractivity contribution in [3.63, 3.8) is 0 Å². The van der Waals surface area contributed by atoms with Crippen LogP contribution in [0.1, 0.15) is 79.0 Å². The first kappa shape index (κ1) is 42.0. The molecule has 1 aliphatic rings. The van der Waals surface area contributed by atoms with Crippen LogP contribution in [0.5, 0.6) is 11.5 Å². The molecule has 0 radical (unpaired) electrons. The maximum absolute atomic E-state index is 6.80. The SMILES string of the molecule is CC(C)(C)c1cc([N+]2=C=[N+](c3cccc(Oc4ccc5c6ccccc6n(-c6cc(C(C)(C)C)ccn6)c5c4)c3)c3cccc(-c4cccc([Si](C)(C)C)c4)c32)cc(C(C)(C)C)c1. The van der Waals surface area contributed by atoms with Crippen LogP contribution < -0.4 is 19.1 Å². The van der Waals surface area contributed by atoms with Crippen molar-refractivity contribution >= 4 is 63.8 Å². The lowest BCUT2D eigenvalue weighted by Crippen LogP contribution is -2.37. The largest absolute Gasteiger partial charge is 0.503 e. The first-order chi connectivity index (χ1) is 29.7. The van der Waals surface area contributed by atoms with Gasteiger partial charge in [0.1, 0.15) is 17.3 Å². The van der Waals surface area contributed by atoms with Crippen molar-refractivity contribution in [1.29, 1.82) is 0 Å². The summed E-state index contributed by atoms with van der Waals surface area (Å²) in [7, 11) is -1.58. The second kappa shape index (κ2) is 15.2. The number of hydrogen-bond donors (Lipinski definition) is 0. The van der Waals surface area contributed by atoms with Crippen molar-refractivity contribution < 1.29 is 4.74 Å². The van der Waals surface area contributed by atoms with Gasteiger partial charge >= 0.3 is 11.7 Å². The van der Waals surface area contributed by atoms with Crippen LogP contribution in [0.25, 0.3) is 38.8 Å². The zero-order valence-corrected chi connectivity index (χ0v) is 40.1. The third kappa shape index (κ3) is 7.99. The summed E-state index contributed by atoms with van der Waals surface area (Å²) in [6, 6.07) is 54.5. The van der Waals surface area contributed by atoms with E-state index >= 15 is 0 Å². The van der Waals surface area contributed by atoms with E-state index in [1.807, 2.05) is 12.3 Å². The average molecular weight is 845 g/mol. The number of pyridine rings is 1. The minimum Gasteiger partial charge on any atom is -0.457 e. The van der Waals surface area contributed by atoms with Gasteiger partial charge in [0.05, 0.1) is 30.7 Å². The maximum Gasteiger partial charge on any atom is 0.503 e. The molecule has 0 spiro atoms. The summed E-state index contributed by atoms with van der Waals surface area (Å²) >= 11 is 0. The number of ether oxygens (including phenoxy) is 1. The van der Waals surface area contributed by atoms with Gasteiger partial charge in [-0.15, -0.1) is 0 Å². The van der Waals surface area contributed by atoms with E-state index in [4.69, 9.17) is 9.72 Å². The number of benzene rings is 6. The molecule has 3 heterocycles. The van der Waals surface area contributed by atoms with Crippen LogP contribution in [-0.4, -0.2) is 23.6 Å². The lowest BCUT2D eigenvalue weighted by atomic mass is 9.80. The Kier molecular flexibility index (Phi) is 10.1. The molecule has 0 amide bonds. The summed E-state index contributed by atoms with van der Waals surface area (Å²) in [4.78, 5) is 4.89. The quantitative estimate of drug-likeness (QED) is 0.118. The molecule has 8 aromatic rings. The number of nitrogens with zero attached hydrogens (tertiary/aromatic N) is 4. The summed E-state index contributed by atoms with van der Waals surface area (Å²) in [6.07, 6.45) is 1.92. The Bertz CT molecular complexity index is 3140. The summed E-state index contributed by atoms with van der Waals surface area (Å²) in [6.45, 7) is 27.8. The van der Waals surface area contributed by atoms with Gasteiger partial charge < -0.3 is 4.74 Å². The highest BCUT2D eigenvalue weighted by atomic mass is 28.3. The van der Waals surface area contributed by atoms with Gasteiger partial charge in [0, 0.05) is 47.3 Å². The van der Waals surface area contributed by atoms with Gasteiger partial charge in [-0.1, -0.05) is 148 Å². The minimum atomic E-state index is -1.58. The van der Waals surface area contributed by atoms with Crippen molar-refractivity contribution in [2.75, 3.05) is 0 Å². The molecule has 0 bridgehead atoms. The number of para-hydroxylation sites is 2. The molecule has 1 aliphatic heterocycles. The van der Waals surface area contributed by atoms with Crippen LogP contribution in [0.4, 0.5) is 22.7 Å². The Morgan fingerprint density at radius 1 is 0.540 bits per heavy atom. The third-order valence-electron chi connectivity index (χ3n) is 12.4. The molecule has 6 aromatic carbocycles. The van der Waals surface area contributed by atoms with E-state index in [0.29, 0.717) is 0 Å². The molecule has 5 nitrogen and oxygen atoms in total. The molecule has 316 valence electrons. The fraction of sp³-hybridized carbons (Fsp3) is 0.263. The summed E-state index contributed by atoms with van der Waals surface area (Å²) < 4.78 is 13.5. The maximum atomic E-state index is 6.80. The zero-order chi connectivity index (χ0) is 44.6. The molecule has 0 aliphatic carbocycles. The van der Waals surface area contributed by atoms with Gasteiger partial charge in [0.15, 0.2) is 0 Å². The first-order valence-corrected chi connectivity index (χ1v) is 25.8. The second-order valence-corrected chi connectivity index (χ2v) is 26.4. The van der Waals surface area contributed by atoms with Crippen molar-refractivity contribution in [2.45, 2.75) is 98.2 Å². The predicted molar refractivity (Wildman–Crippen MR) is 270 cm³/mol. The van der Waals surface area contributed by atoms with Gasteiger partial charge in [-0.25, -0.2) is 4.98 Å². The van der Waals surface area contributed by atoms with Crippen LogP contribution in [-0.2, 0) is 16.2 Å². The molecule has 0 saturated carbocycles. The monoisotopic (exact) mass is 844 g/mol. The fourth-order valence-corrected chi connectivity index (χ4v) is 9.80. The molecule has 2 aromatic heterocycles. The predicted octanol–water partition coefficient (Wildman–Crippen LogP) is 14.9. The summed E-state index contributed by atoms with van der Waals surface area (Å²) in [5.74, 6) is 2.39. The van der Waals surface area contributed by atoms with E-state index in [0.717, 1.165) is 56.5 Å². The van der Waals surface area contributed by atoms with E-state index in [2.05, 4.69) is 235 Å². The highest BCUT2D eigenvalue weighted by Crippen LogP contribution is 2.45. The van der Waals surface area contributed by atoms with Crippen LogP contribution in [0, 0.1) is 0 Å². The fourth-order valence-electron chi connectivity index (χ4n) is 8.62. The Morgan fingerprint density at radius 3 is 1.92 bits per heavy atom. The molecule has 0 fully saturated rings. The van der Waals surface area contributed by atoms with Crippen LogP contribution >= 0.6 is 0 Å². The highest BCUT2D eigenvalue weighted by Gasteiger charge is 2.40. The third-order valence-corrected chi connectivity index (χ3v) is 14.5.